The van der Waals surface area contributed by atoms with Gasteiger partial charge in [0.15, 0.2) is 11.5 Å². The first-order chi connectivity index (χ1) is 6.79. The van der Waals surface area contributed by atoms with E-state index in [1.54, 1.807) is 6.07 Å². The Bertz CT molecular complexity index is 413. The highest BCUT2D eigenvalue weighted by atomic mass is 19.3. The number of hydrogen-bond acceptors (Lipinski definition) is 3. The molecular weight excluding hydrogens is 190 g/mol. The summed E-state index contributed by atoms with van der Waals surface area (Å²) in [7, 11) is 0. The maximum absolute atomic E-state index is 12.5. The Morgan fingerprint density at radius 1 is 1.14 bits per heavy atom. The highest BCUT2D eigenvalue weighted by Gasteiger charge is 2.16. The van der Waals surface area contributed by atoms with Gasteiger partial charge in [-0.15, -0.1) is 0 Å². The molecule has 2 aromatic heterocycles. The number of halogens is 2. The zero-order chi connectivity index (χ0) is 9.97. The molecule has 0 fully saturated rings. The molecule has 72 valence electrons. The second-order valence-electron chi connectivity index (χ2n) is 2.52. The molecule has 0 bridgehead atoms. The minimum absolute atomic E-state index is 0.0625. The summed E-state index contributed by atoms with van der Waals surface area (Å²) in [6, 6.07) is 1.63. The van der Waals surface area contributed by atoms with Crippen LogP contribution < -0.4 is 0 Å². The summed E-state index contributed by atoms with van der Waals surface area (Å²) in [6.07, 6.45) is 2.96. The predicted octanol–water partition coefficient (Wildman–Crippen LogP) is 1.60. The number of nitrogens with zero attached hydrogens (tertiary/aromatic N) is 4. The highest BCUT2D eigenvalue weighted by Crippen LogP contribution is 2.20. The summed E-state index contributed by atoms with van der Waals surface area (Å²) in [6.45, 7) is 0. The first-order valence-electron chi connectivity index (χ1n) is 3.88. The topological polar surface area (TPSA) is 43.6 Å². The van der Waals surface area contributed by atoms with Crippen LogP contribution in [0.5, 0.6) is 0 Å². The van der Waals surface area contributed by atoms with Gasteiger partial charge in [-0.2, -0.15) is 5.10 Å². The molecule has 0 saturated heterocycles. The van der Waals surface area contributed by atoms with Gasteiger partial charge >= 0.3 is 0 Å². The molecule has 0 N–H and O–H groups in total. The van der Waals surface area contributed by atoms with Gasteiger partial charge in [0.25, 0.3) is 6.43 Å². The lowest BCUT2D eigenvalue weighted by atomic mass is 10.4. The van der Waals surface area contributed by atoms with Crippen molar-refractivity contribution in [2.45, 2.75) is 6.43 Å². The van der Waals surface area contributed by atoms with E-state index in [2.05, 4.69) is 15.1 Å². The molecule has 14 heavy (non-hydrogen) atoms. The van der Waals surface area contributed by atoms with Gasteiger partial charge in [-0.1, -0.05) is 0 Å². The van der Waals surface area contributed by atoms with Crippen molar-refractivity contribution in [3.63, 3.8) is 0 Å². The van der Waals surface area contributed by atoms with E-state index in [-0.39, 0.29) is 11.5 Å². The lowest BCUT2D eigenvalue weighted by Gasteiger charge is -2.05. The van der Waals surface area contributed by atoms with Crippen molar-refractivity contribution >= 4 is 0 Å². The molecule has 0 amide bonds. The van der Waals surface area contributed by atoms with Crippen molar-refractivity contribution < 1.29 is 8.78 Å². The summed E-state index contributed by atoms with van der Waals surface area (Å²) < 4.78 is 26.2. The van der Waals surface area contributed by atoms with Crippen molar-refractivity contribution in [3.05, 3.63) is 36.5 Å². The maximum atomic E-state index is 12.5. The fraction of sp³-hybridized carbons (Fsp3) is 0.125. The van der Waals surface area contributed by atoms with Gasteiger partial charge in [0.05, 0.1) is 0 Å². The van der Waals surface area contributed by atoms with Crippen LogP contribution in [0.15, 0.2) is 30.9 Å². The van der Waals surface area contributed by atoms with E-state index in [9.17, 15) is 8.78 Å². The molecule has 0 unspecified atom stereocenters. The van der Waals surface area contributed by atoms with E-state index in [1.165, 1.54) is 29.5 Å². The van der Waals surface area contributed by atoms with E-state index >= 15 is 0 Å². The quantitative estimate of drug-likeness (QED) is 0.732. The van der Waals surface area contributed by atoms with Crippen LogP contribution in [-0.4, -0.2) is 19.7 Å². The molecule has 0 saturated carbocycles. The summed E-state index contributed by atoms with van der Waals surface area (Å²) in [5.41, 5.74) is -0.365. The van der Waals surface area contributed by atoms with Crippen LogP contribution in [0.4, 0.5) is 8.78 Å². The van der Waals surface area contributed by atoms with Gasteiger partial charge in [-0.3, -0.25) is 0 Å². The van der Waals surface area contributed by atoms with E-state index in [4.69, 9.17) is 0 Å². The molecule has 0 atom stereocenters. The minimum Gasteiger partial charge on any atom is -0.250 e. The van der Waals surface area contributed by atoms with Gasteiger partial charge in [0.2, 0.25) is 0 Å². The lowest BCUT2D eigenvalue weighted by Crippen LogP contribution is -2.05. The average Bonchev–Trinajstić information content (AvgIpc) is 2.70. The third-order valence-corrected chi connectivity index (χ3v) is 1.63. The van der Waals surface area contributed by atoms with Gasteiger partial charge in [-0.05, 0) is 6.07 Å². The molecule has 0 aliphatic rings. The van der Waals surface area contributed by atoms with Crippen LogP contribution in [0.1, 0.15) is 12.1 Å². The monoisotopic (exact) mass is 196 g/mol. The van der Waals surface area contributed by atoms with E-state index in [1.807, 2.05) is 0 Å². The zero-order valence-corrected chi connectivity index (χ0v) is 7.01. The third-order valence-electron chi connectivity index (χ3n) is 1.63. The van der Waals surface area contributed by atoms with Crippen LogP contribution in [0.3, 0.4) is 0 Å². The molecular formula is C8H6F2N4. The Balaban J connectivity index is 2.53. The van der Waals surface area contributed by atoms with E-state index in [0.29, 0.717) is 0 Å². The number of rotatable bonds is 2. The van der Waals surface area contributed by atoms with Crippen LogP contribution >= 0.6 is 0 Å². The minimum atomic E-state index is -2.65. The summed E-state index contributed by atoms with van der Waals surface area (Å²) in [5, 5.41) is 3.81. The maximum Gasteiger partial charge on any atom is 0.284 e. The van der Waals surface area contributed by atoms with Crippen molar-refractivity contribution in [1.29, 1.82) is 0 Å². The normalized spacial score (nSPS) is 10.8. The smallest absolute Gasteiger partial charge is 0.250 e. The standard InChI is InChI=1S/C8H6F2N4/c9-7(10)6-8(12-4-3-11-6)14-5-1-2-13-14/h1-5,7H. The summed E-state index contributed by atoms with van der Waals surface area (Å²) in [4.78, 5) is 7.36. The molecule has 6 heteroatoms. The van der Waals surface area contributed by atoms with Gasteiger partial charge in [0, 0.05) is 24.8 Å². The lowest BCUT2D eigenvalue weighted by molar-refractivity contribution is 0.145. The molecule has 2 heterocycles. The van der Waals surface area contributed by atoms with Crippen molar-refractivity contribution in [2.24, 2.45) is 0 Å². The first-order valence-corrected chi connectivity index (χ1v) is 3.88. The van der Waals surface area contributed by atoms with Crippen LogP contribution in [-0.2, 0) is 0 Å². The van der Waals surface area contributed by atoms with E-state index < -0.39 is 6.43 Å². The van der Waals surface area contributed by atoms with Crippen molar-refractivity contribution in [2.75, 3.05) is 0 Å². The second kappa shape index (κ2) is 3.49. The SMILES string of the molecule is FC(F)c1nccnc1-n1cccn1. The fourth-order valence-electron chi connectivity index (χ4n) is 1.07. The molecule has 0 spiro atoms. The Morgan fingerprint density at radius 3 is 2.57 bits per heavy atom. The van der Waals surface area contributed by atoms with Gasteiger partial charge in [-0.25, -0.2) is 23.4 Å². The van der Waals surface area contributed by atoms with Gasteiger partial charge in [0.1, 0.15) is 0 Å². The van der Waals surface area contributed by atoms with Crippen LogP contribution in [0, 0.1) is 0 Å². The third kappa shape index (κ3) is 1.46. The number of aromatic nitrogens is 4. The predicted molar refractivity (Wildman–Crippen MR) is 44.1 cm³/mol. The van der Waals surface area contributed by atoms with Crippen LogP contribution in [0.25, 0.3) is 5.82 Å². The average molecular weight is 196 g/mol. The highest BCUT2D eigenvalue weighted by molar-refractivity contribution is 5.27. The molecule has 2 aromatic rings. The number of alkyl halides is 2. The Hall–Kier alpha value is -1.85. The number of hydrogen-bond donors (Lipinski definition) is 0. The molecule has 0 aliphatic carbocycles. The molecule has 0 aliphatic heterocycles. The summed E-state index contributed by atoms with van der Waals surface area (Å²) in [5.74, 6) is 0.0625. The fourth-order valence-corrected chi connectivity index (χ4v) is 1.07. The molecule has 0 radical (unpaired) electrons. The van der Waals surface area contributed by atoms with E-state index in [0.717, 1.165) is 0 Å². The summed E-state index contributed by atoms with van der Waals surface area (Å²) >= 11 is 0. The second-order valence-corrected chi connectivity index (χ2v) is 2.52. The van der Waals surface area contributed by atoms with Crippen LogP contribution in [0.2, 0.25) is 0 Å². The van der Waals surface area contributed by atoms with Crippen molar-refractivity contribution in [3.8, 4) is 5.82 Å². The molecule has 4 nitrogen and oxygen atoms in total. The Labute approximate surface area is 78.2 Å². The van der Waals surface area contributed by atoms with Crippen molar-refractivity contribution in [1.82, 2.24) is 19.7 Å². The zero-order valence-electron chi connectivity index (χ0n) is 7.01. The Morgan fingerprint density at radius 2 is 1.93 bits per heavy atom. The largest absolute Gasteiger partial charge is 0.284 e. The molecule has 2 rings (SSSR count). The molecule has 0 aromatic carbocycles. The Kier molecular flexibility index (Phi) is 2.18. The van der Waals surface area contributed by atoms with Gasteiger partial charge < -0.3 is 0 Å². The first kappa shape index (κ1) is 8.74.